The third-order valence-corrected chi connectivity index (χ3v) is 4.30. The lowest BCUT2D eigenvalue weighted by Gasteiger charge is -2.32. The summed E-state index contributed by atoms with van der Waals surface area (Å²) in [4.78, 5) is 14.4. The van der Waals surface area contributed by atoms with E-state index in [1.165, 1.54) is 11.3 Å². The van der Waals surface area contributed by atoms with Crippen LogP contribution in [0.5, 0.6) is 0 Å². The van der Waals surface area contributed by atoms with Crippen LogP contribution < -0.4 is 4.90 Å². The lowest BCUT2D eigenvalue weighted by Crippen LogP contribution is -2.36. The summed E-state index contributed by atoms with van der Waals surface area (Å²) in [7, 11) is 0. The Bertz CT molecular complexity index is 441. The highest BCUT2D eigenvalue weighted by molar-refractivity contribution is 5.82. The van der Waals surface area contributed by atoms with E-state index in [0.29, 0.717) is 11.7 Å². The third-order valence-electron chi connectivity index (χ3n) is 4.30. The third kappa shape index (κ3) is 3.37. The SMILES string of the molecule is CCN(CC1CC(C)CCC1=O)c1ccccc1C. The molecule has 1 fully saturated rings. The van der Waals surface area contributed by atoms with Gasteiger partial charge in [0.2, 0.25) is 0 Å². The first kappa shape index (κ1) is 14.1. The van der Waals surface area contributed by atoms with E-state index >= 15 is 0 Å². The van der Waals surface area contributed by atoms with Crippen LogP contribution in [-0.4, -0.2) is 18.9 Å². The van der Waals surface area contributed by atoms with Crippen molar-refractivity contribution in [2.45, 2.75) is 40.0 Å². The van der Waals surface area contributed by atoms with Crippen LogP contribution in [0.2, 0.25) is 0 Å². The van der Waals surface area contributed by atoms with Gasteiger partial charge in [0.05, 0.1) is 0 Å². The molecule has 1 aromatic carbocycles. The highest BCUT2D eigenvalue weighted by Crippen LogP contribution is 2.28. The Hall–Kier alpha value is -1.31. The fourth-order valence-corrected chi connectivity index (χ4v) is 3.09. The van der Waals surface area contributed by atoms with Gasteiger partial charge >= 0.3 is 0 Å². The van der Waals surface area contributed by atoms with Crippen molar-refractivity contribution >= 4 is 11.5 Å². The second-order valence-electron chi connectivity index (χ2n) is 5.87. The second kappa shape index (κ2) is 6.23. The summed E-state index contributed by atoms with van der Waals surface area (Å²) in [6.45, 7) is 8.42. The largest absolute Gasteiger partial charge is 0.371 e. The molecule has 1 aliphatic rings. The minimum Gasteiger partial charge on any atom is -0.371 e. The molecule has 0 radical (unpaired) electrons. The fourth-order valence-electron chi connectivity index (χ4n) is 3.09. The highest BCUT2D eigenvalue weighted by Gasteiger charge is 2.28. The number of anilines is 1. The number of aryl methyl sites for hydroxylation is 1. The molecule has 0 aliphatic heterocycles. The number of benzene rings is 1. The van der Waals surface area contributed by atoms with Gasteiger partial charge in [-0.25, -0.2) is 0 Å². The molecular weight excluding hydrogens is 234 g/mol. The van der Waals surface area contributed by atoms with E-state index in [4.69, 9.17) is 0 Å². The zero-order chi connectivity index (χ0) is 13.8. The monoisotopic (exact) mass is 259 g/mol. The molecule has 19 heavy (non-hydrogen) atoms. The second-order valence-corrected chi connectivity index (χ2v) is 5.87. The number of nitrogens with zero attached hydrogens (tertiary/aromatic N) is 1. The Morgan fingerprint density at radius 2 is 2.05 bits per heavy atom. The molecule has 0 bridgehead atoms. The van der Waals surface area contributed by atoms with Crippen LogP contribution in [0.4, 0.5) is 5.69 Å². The molecule has 104 valence electrons. The number of carbonyl (C=O) groups excluding carboxylic acids is 1. The maximum absolute atomic E-state index is 12.1. The number of hydrogen-bond donors (Lipinski definition) is 0. The van der Waals surface area contributed by atoms with Crippen LogP contribution in [0.25, 0.3) is 0 Å². The molecule has 2 unspecified atom stereocenters. The molecule has 1 aromatic rings. The van der Waals surface area contributed by atoms with Crippen molar-refractivity contribution in [2.75, 3.05) is 18.0 Å². The van der Waals surface area contributed by atoms with E-state index in [1.807, 2.05) is 0 Å². The number of carbonyl (C=O) groups is 1. The van der Waals surface area contributed by atoms with Crippen molar-refractivity contribution in [1.82, 2.24) is 0 Å². The molecule has 2 heteroatoms. The Kier molecular flexibility index (Phi) is 4.62. The van der Waals surface area contributed by atoms with E-state index in [1.54, 1.807) is 0 Å². The quantitative estimate of drug-likeness (QED) is 0.819. The fraction of sp³-hybridized carbons (Fsp3) is 0.588. The summed E-state index contributed by atoms with van der Waals surface area (Å²) in [6, 6.07) is 8.45. The van der Waals surface area contributed by atoms with Gasteiger partial charge in [0, 0.05) is 31.1 Å². The lowest BCUT2D eigenvalue weighted by molar-refractivity contribution is -0.125. The summed E-state index contributed by atoms with van der Waals surface area (Å²) in [6.07, 6.45) is 2.91. The van der Waals surface area contributed by atoms with Crippen molar-refractivity contribution in [3.63, 3.8) is 0 Å². The van der Waals surface area contributed by atoms with Gasteiger partial charge in [-0.15, -0.1) is 0 Å². The average Bonchev–Trinajstić information content (AvgIpc) is 2.41. The number of rotatable bonds is 4. The predicted molar refractivity (Wildman–Crippen MR) is 80.6 cm³/mol. The van der Waals surface area contributed by atoms with Crippen molar-refractivity contribution in [1.29, 1.82) is 0 Å². The van der Waals surface area contributed by atoms with Crippen molar-refractivity contribution in [3.05, 3.63) is 29.8 Å². The van der Waals surface area contributed by atoms with Crippen molar-refractivity contribution < 1.29 is 4.79 Å². The highest BCUT2D eigenvalue weighted by atomic mass is 16.1. The molecule has 0 heterocycles. The number of Topliss-reactive ketones (excluding diaryl/α,β-unsaturated/α-hetero) is 1. The summed E-state index contributed by atoms with van der Waals surface area (Å²) in [5, 5.41) is 0. The van der Waals surface area contributed by atoms with Crippen LogP contribution in [0.15, 0.2) is 24.3 Å². The van der Waals surface area contributed by atoms with E-state index in [9.17, 15) is 4.79 Å². The zero-order valence-electron chi connectivity index (χ0n) is 12.4. The minimum absolute atomic E-state index is 0.225. The molecule has 0 N–H and O–H groups in total. The first-order chi connectivity index (χ1) is 9.11. The Morgan fingerprint density at radius 1 is 1.32 bits per heavy atom. The molecule has 1 saturated carbocycles. The molecule has 0 amide bonds. The Labute approximate surface area is 116 Å². The molecule has 0 saturated heterocycles. The van der Waals surface area contributed by atoms with Gasteiger partial charge in [0.25, 0.3) is 0 Å². The number of ketones is 1. The lowest BCUT2D eigenvalue weighted by atomic mass is 9.81. The van der Waals surface area contributed by atoms with Crippen molar-refractivity contribution in [3.8, 4) is 0 Å². The maximum atomic E-state index is 12.1. The van der Waals surface area contributed by atoms with Crippen LogP contribution in [0.1, 0.15) is 38.7 Å². The van der Waals surface area contributed by atoms with Crippen molar-refractivity contribution in [2.24, 2.45) is 11.8 Å². The van der Waals surface area contributed by atoms with Gasteiger partial charge in [0.15, 0.2) is 0 Å². The molecule has 0 spiro atoms. The zero-order valence-corrected chi connectivity index (χ0v) is 12.4. The average molecular weight is 259 g/mol. The first-order valence-corrected chi connectivity index (χ1v) is 7.45. The molecule has 2 nitrogen and oxygen atoms in total. The summed E-state index contributed by atoms with van der Waals surface area (Å²) < 4.78 is 0. The van der Waals surface area contributed by atoms with Crippen LogP contribution in [-0.2, 0) is 4.79 Å². The Morgan fingerprint density at radius 3 is 2.74 bits per heavy atom. The van der Waals surface area contributed by atoms with Gasteiger partial charge in [-0.2, -0.15) is 0 Å². The predicted octanol–water partition coefficient (Wildman–Crippen LogP) is 3.83. The van der Waals surface area contributed by atoms with E-state index in [0.717, 1.165) is 32.4 Å². The standard InChI is InChI=1S/C17H25NO/c1-4-18(16-8-6-5-7-14(16)3)12-15-11-13(2)9-10-17(15)19/h5-8,13,15H,4,9-12H2,1-3H3. The molecule has 1 aliphatic carbocycles. The number of para-hydroxylation sites is 1. The first-order valence-electron chi connectivity index (χ1n) is 7.45. The molecule has 2 atom stereocenters. The van der Waals surface area contributed by atoms with Gasteiger partial charge in [0.1, 0.15) is 5.78 Å². The van der Waals surface area contributed by atoms with Gasteiger partial charge in [-0.05, 0) is 44.2 Å². The Balaban J connectivity index is 2.11. The topological polar surface area (TPSA) is 20.3 Å². The molecular formula is C17H25NO. The van der Waals surface area contributed by atoms with Crippen LogP contribution >= 0.6 is 0 Å². The van der Waals surface area contributed by atoms with Crippen LogP contribution in [0, 0.1) is 18.8 Å². The number of hydrogen-bond acceptors (Lipinski definition) is 2. The van der Waals surface area contributed by atoms with E-state index in [2.05, 4.69) is 49.9 Å². The molecule has 2 rings (SSSR count). The van der Waals surface area contributed by atoms with Gasteiger partial charge < -0.3 is 4.90 Å². The van der Waals surface area contributed by atoms with Gasteiger partial charge in [-0.1, -0.05) is 25.1 Å². The summed E-state index contributed by atoms with van der Waals surface area (Å²) >= 11 is 0. The normalized spacial score (nSPS) is 23.4. The smallest absolute Gasteiger partial charge is 0.137 e. The summed E-state index contributed by atoms with van der Waals surface area (Å²) in [5.74, 6) is 1.38. The minimum atomic E-state index is 0.225. The van der Waals surface area contributed by atoms with E-state index in [-0.39, 0.29) is 5.92 Å². The summed E-state index contributed by atoms with van der Waals surface area (Å²) in [5.41, 5.74) is 2.57. The van der Waals surface area contributed by atoms with E-state index < -0.39 is 0 Å². The molecule has 0 aromatic heterocycles. The van der Waals surface area contributed by atoms with Gasteiger partial charge in [-0.3, -0.25) is 4.79 Å². The van der Waals surface area contributed by atoms with Crippen LogP contribution in [0.3, 0.4) is 0 Å². The maximum Gasteiger partial charge on any atom is 0.137 e.